The average Bonchev–Trinajstić information content (AvgIpc) is 2.40. The summed E-state index contributed by atoms with van der Waals surface area (Å²) in [6.45, 7) is 1.70. The molecular formula is C16H16ClF2N. The molecule has 20 heavy (non-hydrogen) atoms. The Balaban J connectivity index is 2.31. The van der Waals surface area contributed by atoms with Gasteiger partial charge in [-0.15, -0.1) is 0 Å². The fourth-order valence-corrected chi connectivity index (χ4v) is 2.50. The maximum Gasteiger partial charge on any atom is 0.127 e. The number of hydrogen-bond donors (Lipinski definition) is 1. The lowest BCUT2D eigenvalue weighted by Gasteiger charge is -2.19. The van der Waals surface area contributed by atoms with Gasteiger partial charge in [0.05, 0.1) is 0 Å². The maximum absolute atomic E-state index is 13.5. The monoisotopic (exact) mass is 295 g/mol. The van der Waals surface area contributed by atoms with E-state index in [-0.39, 0.29) is 17.7 Å². The van der Waals surface area contributed by atoms with Crippen molar-refractivity contribution in [2.24, 2.45) is 0 Å². The number of halogens is 3. The molecule has 0 bridgehead atoms. The first-order chi connectivity index (χ1) is 9.51. The van der Waals surface area contributed by atoms with E-state index < -0.39 is 0 Å². The van der Waals surface area contributed by atoms with E-state index in [0.29, 0.717) is 17.0 Å². The molecule has 0 aliphatic rings. The van der Waals surface area contributed by atoms with Crippen molar-refractivity contribution < 1.29 is 8.78 Å². The molecule has 0 radical (unpaired) electrons. The summed E-state index contributed by atoms with van der Waals surface area (Å²) in [5.74, 6) is -0.585. The smallest absolute Gasteiger partial charge is 0.127 e. The van der Waals surface area contributed by atoms with Crippen LogP contribution in [0.1, 0.15) is 22.7 Å². The predicted octanol–water partition coefficient (Wildman–Crippen LogP) is 4.43. The molecule has 2 aromatic rings. The Morgan fingerprint density at radius 2 is 1.95 bits per heavy atom. The van der Waals surface area contributed by atoms with Crippen molar-refractivity contribution in [2.45, 2.75) is 19.4 Å². The molecule has 2 aromatic carbocycles. The Kier molecular flexibility index (Phi) is 4.73. The van der Waals surface area contributed by atoms with Crippen molar-refractivity contribution >= 4 is 11.6 Å². The van der Waals surface area contributed by atoms with Gasteiger partial charge in [-0.05, 0) is 55.3 Å². The average molecular weight is 296 g/mol. The Hall–Kier alpha value is -1.45. The first kappa shape index (κ1) is 14.9. The number of rotatable bonds is 4. The van der Waals surface area contributed by atoms with Crippen LogP contribution in [0.3, 0.4) is 0 Å². The quantitative estimate of drug-likeness (QED) is 0.880. The van der Waals surface area contributed by atoms with Crippen LogP contribution in [0.15, 0.2) is 36.4 Å². The molecular weight excluding hydrogens is 280 g/mol. The van der Waals surface area contributed by atoms with Crippen LogP contribution in [-0.4, -0.2) is 7.05 Å². The normalized spacial score (nSPS) is 12.4. The summed E-state index contributed by atoms with van der Waals surface area (Å²) in [6.07, 6.45) is 0.582. The van der Waals surface area contributed by atoms with Gasteiger partial charge in [-0.1, -0.05) is 29.8 Å². The van der Waals surface area contributed by atoms with Gasteiger partial charge in [0.25, 0.3) is 0 Å². The standard InChI is InChI=1S/C16H16ClF2N/c1-10-6-13(14(17)9-15(10)19)16(20-2)8-11-4-3-5-12(18)7-11/h3-7,9,16,20H,8H2,1-2H3. The van der Waals surface area contributed by atoms with Crippen LogP contribution in [-0.2, 0) is 6.42 Å². The van der Waals surface area contributed by atoms with E-state index in [1.165, 1.54) is 18.2 Å². The van der Waals surface area contributed by atoms with Gasteiger partial charge in [0.2, 0.25) is 0 Å². The van der Waals surface area contributed by atoms with E-state index in [9.17, 15) is 8.78 Å². The first-order valence-electron chi connectivity index (χ1n) is 6.38. The minimum Gasteiger partial charge on any atom is -0.313 e. The van der Waals surface area contributed by atoms with Gasteiger partial charge >= 0.3 is 0 Å². The highest BCUT2D eigenvalue weighted by atomic mass is 35.5. The second-order valence-electron chi connectivity index (χ2n) is 4.80. The summed E-state index contributed by atoms with van der Waals surface area (Å²) in [5, 5.41) is 3.52. The van der Waals surface area contributed by atoms with Gasteiger partial charge < -0.3 is 5.32 Å². The van der Waals surface area contributed by atoms with Gasteiger partial charge in [0.1, 0.15) is 11.6 Å². The van der Waals surface area contributed by atoms with Crippen molar-refractivity contribution in [3.05, 3.63) is 69.7 Å². The van der Waals surface area contributed by atoms with Crippen molar-refractivity contribution in [3.8, 4) is 0 Å². The lowest BCUT2D eigenvalue weighted by atomic mass is 9.97. The third kappa shape index (κ3) is 3.35. The van der Waals surface area contributed by atoms with Crippen LogP contribution in [0.2, 0.25) is 5.02 Å². The second kappa shape index (κ2) is 6.33. The Morgan fingerprint density at radius 1 is 1.20 bits per heavy atom. The first-order valence-corrected chi connectivity index (χ1v) is 6.76. The third-order valence-electron chi connectivity index (χ3n) is 3.33. The fraction of sp³-hybridized carbons (Fsp3) is 0.250. The summed E-state index contributed by atoms with van der Waals surface area (Å²) in [6, 6.07) is 9.40. The molecule has 0 aliphatic carbocycles. The van der Waals surface area contributed by atoms with Crippen LogP contribution >= 0.6 is 11.6 Å². The van der Waals surface area contributed by atoms with E-state index in [0.717, 1.165) is 11.1 Å². The minimum absolute atomic E-state index is 0.0939. The highest BCUT2D eigenvalue weighted by Crippen LogP contribution is 2.28. The topological polar surface area (TPSA) is 12.0 Å². The molecule has 1 unspecified atom stereocenters. The highest BCUT2D eigenvalue weighted by Gasteiger charge is 2.16. The molecule has 0 saturated heterocycles. The molecule has 4 heteroatoms. The van der Waals surface area contributed by atoms with Crippen molar-refractivity contribution in [3.63, 3.8) is 0 Å². The van der Waals surface area contributed by atoms with Crippen LogP contribution in [0, 0.1) is 18.6 Å². The van der Waals surface area contributed by atoms with E-state index >= 15 is 0 Å². The molecule has 0 saturated carbocycles. The van der Waals surface area contributed by atoms with Crippen molar-refractivity contribution in [1.82, 2.24) is 5.32 Å². The molecule has 0 aromatic heterocycles. The molecule has 0 heterocycles. The lowest BCUT2D eigenvalue weighted by Crippen LogP contribution is -2.19. The van der Waals surface area contributed by atoms with Crippen LogP contribution in [0.4, 0.5) is 8.78 Å². The summed E-state index contributed by atoms with van der Waals surface area (Å²) in [5.41, 5.74) is 2.23. The summed E-state index contributed by atoms with van der Waals surface area (Å²) in [4.78, 5) is 0. The molecule has 0 amide bonds. The zero-order chi connectivity index (χ0) is 14.7. The number of benzene rings is 2. The van der Waals surface area contributed by atoms with Crippen molar-refractivity contribution in [2.75, 3.05) is 7.05 Å². The van der Waals surface area contributed by atoms with Gasteiger partial charge in [-0.2, -0.15) is 0 Å². The van der Waals surface area contributed by atoms with E-state index in [2.05, 4.69) is 5.32 Å². The zero-order valence-corrected chi connectivity index (χ0v) is 12.1. The third-order valence-corrected chi connectivity index (χ3v) is 3.66. The fourth-order valence-electron chi connectivity index (χ4n) is 2.21. The molecule has 0 fully saturated rings. The highest BCUT2D eigenvalue weighted by molar-refractivity contribution is 6.31. The van der Waals surface area contributed by atoms with Crippen LogP contribution in [0.5, 0.6) is 0 Å². The van der Waals surface area contributed by atoms with Gasteiger partial charge in [0, 0.05) is 11.1 Å². The molecule has 1 atom stereocenters. The molecule has 0 spiro atoms. The van der Waals surface area contributed by atoms with Gasteiger partial charge in [-0.25, -0.2) is 8.78 Å². The predicted molar refractivity (Wildman–Crippen MR) is 78.1 cm³/mol. The molecule has 0 aliphatic heterocycles. The Morgan fingerprint density at radius 3 is 2.60 bits per heavy atom. The maximum atomic E-state index is 13.5. The van der Waals surface area contributed by atoms with E-state index in [1.807, 2.05) is 6.07 Å². The van der Waals surface area contributed by atoms with Gasteiger partial charge in [-0.3, -0.25) is 0 Å². The molecule has 106 valence electrons. The van der Waals surface area contributed by atoms with Crippen LogP contribution < -0.4 is 5.32 Å². The SMILES string of the molecule is CNC(Cc1cccc(F)c1)c1cc(C)c(F)cc1Cl. The summed E-state index contributed by atoms with van der Waals surface area (Å²) >= 11 is 6.12. The molecule has 1 N–H and O–H groups in total. The summed E-state index contributed by atoms with van der Waals surface area (Å²) < 4.78 is 26.7. The zero-order valence-electron chi connectivity index (χ0n) is 11.4. The number of likely N-dealkylation sites (N-methyl/N-ethyl adjacent to an activating group) is 1. The Labute approximate surface area is 122 Å². The van der Waals surface area contributed by atoms with Crippen molar-refractivity contribution in [1.29, 1.82) is 0 Å². The van der Waals surface area contributed by atoms with E-state index in [4.69, 9.17) is 11.6 Å². The molecule has 1 nitrogen and oxygen atoms in total. The lowest BCUT2D eigenvalue weighted by molar-refractivity contribution is 0.578. The second-order valence-corrected chi connectivity index (χ2v) is 5.21. The van der Waals surface area contributed by atoms with E-state index in [1.54, 1.807) is 26.1 Å². The number of hydrogen-bond acceptors (Lipinski definition) is 1. The Bertz CT molecular complexity index is 613. The largest absolute Gasteiger partial charge is 0.313 e. The molecule has 2 rings (SSSR count). The van der Waals surface area contributed by atoms with Crippen LogP contribution in [0.25, 0.3) is 0 Å². The summed E-state index contributed by atoms with van der Waals surface area (Å²) in [7, 11) is 1.80. The number of nitrogens with one attached hydrogen (secondary N) is 1. The minimum atomic E-state index is -0.320. The number of aryl methyl sites for hydroxylation is 1. The van der Waals surface area contributed by atoms with Gasteiger partial charge in [0.15, 0.2) is 0 Å².